The first-order chi connectivity index (χ1) is 13.5. The molecule has 0 fully saturated rings. The molecule has 0 spiro atoms. The zero-order valence-corrected chi connectivity index (χ0v) is 18.7. The number of hydrogen-bond donors (Lipinski definition) is 1. The molecular weight excluding hydrogens is 392 g/mol. The monoisotopic (exact) mass is 422 g/mol. The van der Waals surface area contributed by atoms with Crippen molar-refractivity contribution in [2.75, 3.05) is 6.61 Å². The number of benzene rings is 1. The Balaban J connectivity index is 1.85. The molecule has 0 aliphatic rings. The van der Waals surface area contributed by atoms with E-state index in [4.69, 9.17) is 28.6 Å². The Morgan fingerprint density at radius 3 is 2.61 bits per heavy atom. The average molecular weight is 423 g/mol. The van der Waals surface area contributed by atoms with E-state index in [-0.39, 0.29) is 5.92 Å². The van der Waals surface area contributed by atoms with Gasteiger partial charge in [0, 0.05) is 5.92 Å². The summed E-state index contributed by atoms with van der Waals surface area (Å²) in [5.74, 6) is 1.73. The molecule has 2 aromatic rings. The van der Waals surface area contributed by atoms with E-state index in [1.54, 1.807) is 10.9 Å². The molecule has 1 heterocycles. The third kappa shape index (κ3) is 7.06. The van der Waals surface area contributed by atoms with Crippen molar-refractivity contribution in [3.63, 3.8) is 0 Å². The van der Waals surface area contributed by atoms with Crippen LogP contribution in [0.25, 0.3) is 0 Å². The Kier molecular flexibility index (Phi) is 9.71. The fourth-order valence-electron chi connectivity index (χ4n) is 2.87. The third-order valence-corrected chi connectivity index (χ3v) is 5.04. The summed E-state index contributed by atoms with van der Waals surface area (Å²) in [5, 5.41) is 12.0. The van der Waals surface area contributed by atoms with Gasteiger partial charge in [-0.1, -0.05) is 70.9 Å². The quantitative estimate of drug-likeness (QED) is 0.234. The van der Waals surface area contributed by atoms with Gasteiger partial charge in [0.25, 0.3) is 0 Å². The van der Waals surface area contributed by atoms with Gasteiger partial charge in [-0.2, -0.15) is 14.9 Å². The zero-order chi connectivity index (χ0) is 20.4. The smallest absolute Gasteiger partial charge is 0.216 e. The zero-order valence-electron chi connectivity index (χ0n) is 17.1. The van der Waals surface area contributed by atoms with E-state index in [0.29, 0.717) is 22.2 Å². The van der Waals surface area contributed by atoms with Gasteiger partial charge in [-0.3, -0.25) is 5.10 Å². The predicted octanol–water partition coefficient (Wildman–Crippen LogP) is 6.73. The number of nitrogens with one attached hydrogen (secondary N) is 1. The summed E-state index contributed by atoms with van der Waals surface area (Å²) in [5.41, 5.74) is 0.881. The summed E-state index contributed by atoms with van der Waals surface area (Å²) in [6, 6.07) is 5.68. The van der Waals surface area contributed by atoms with Crippen molar-refractivity contribution in [1.29, 1.82) is 0 Å². The Bertz CT molecular complexity index is 813. The number of nitrogens with zero attached hydrogens (tertiary/aromatic N) is 3. The molecule has 0 aliphatic heterocycles. The summed E-state index contributed by atoms with van der Waals surface area (Å²) in [4.78, 5) is 0. The van der Waals surface area contributed by atoms with Gasteiger partial charge in [0.05, 0.1) is 17.8 Å². The topological polar surface area (TPSA) is 55.2 Å². The van der Waals surface area contributed by atoms with Crippen LogP contribution in [0.1, 0.15) is 83.0 Å². The Morgan fingerprint density at radius 1 is 1.21 bits per heavy atom. The Labute approximate surface area is 178 Å². The number of halogens is 1. The van der Waals surface area contributed by atoms with Crippen LogP contribution in [0.3, 0.4) is 0 Å². The molecule has 154 valence electrons. The van der Waals surface area contributed by atoms with Gasteiger partial charge in [0.1, 0.15) is 5.75 Å². The summed E-state index contributed by atoms with van der Waals surface area (Å²) < 4.78 is 7.94. The van der Waals surface area contributed by atoms with Crippen molar-refractivity contribution in [2.24, 2.45) is 5.10 Å². The van der Waals surface area contributed by atoms with Gasteiger partial charge in [-0.25, -0.2) is 0 Å². The van der Waals surface area contributed by atoms with E-state index in [0.717, 1.165) is 17.8 Å². The van der Waals surface area contributed by atoms with Crippen LogP contribution in [0.4, 0.5) is 0 Å². The van der Waals surface area contributed by atoms with Crippen molar-refractivity contribution >= 4 is 30.0 Å². The van der Waals surface area contributed by atoms with Crippen LogP contribution < -0.4 is 4.74 Å². The van der Waals surface area contributed by atoms with Gasteiger partial charge < -0.3 is 4.74 Å². The highest BCUT2D eigenvalue weighted by molar-refractivity contribution is 7.71. The molecule has 0 aliphatic carbocycles. The minimum Gasteiger partial charge on any atom is -0.492 e. The first-order valence-corrected chi connectivity index (χ1v) is 11.0. The maximum absolute atomic E-state index is 6.37. The van der Waals surface area contributed by atoms with Gasteiger partial charge in [-0.05, 0) is 42.4 Å². The van der Waals surface area contributed by atoms with Gasteiger partial charge in [0.2, 0.25) is 4.77 Å². The lowest BCUT2D eigenvalue weighted by Gasteiger charge is -2.08. The normalized spacial score (nSPS) is 11.6. The second kappa shape index (κ2) is 12.0. The Morgan fingerprint density at radius 2 is 1.93 bits per heavy atom. The van der Waals surface area contributed by atoms with E-state index in [9.17, 15) is 0 Å². The second-order valence-electron chi connectivity index (χ2n) is 7.26. The maximum atomic E-state index is 6.37. The maximum Gasteiger partial charge on any atom is 0.216 e. The molecule has 0 saturated carbocycles. The van der Waals surface area contributed by atoms with Crippen LogP contribution in [0.5, 0.6) is 5.75 Å². The summed E-state index contributed by atoms with van der Waals surface area (Å²) in [6.45, 7) is 7.03. The molecule has 0 saturated heterocycles. The standard InChI is InChI=1S/C21H31ClN4OS/c1-4-5-6-7-8-9-10-13-27-19-12-11-17(14-18(19)22)15-23-26-20(16(2)3)24-25-21(26)28/h11-12,14-16H,4-10,13H2,1-3H3,(H,25,28)/b23-15-. The van der Waals surface area contributed by atoms with Crippen molar-refractivity contribution in [1.82, 2.24) is 14.9 Å². The van der Waals surface area contributed by atoms with E-state index in [2.05, 4.69) is 22.2 Å². The number of rotatable bonds is 12. The third-order valence-electron chi connectivity index (χ3n) is 4.48. The van der Waals surface area contributed by atoms with Crippen molar-refractivity contribution in [3.8, 4) is 5.75 Å². The van der Waals surface area contributed by atoms with Crippen LogP contribution in [0, 0.1) is 4.77 Å². The molecule has 2 rings (SSSR count). The second-order valence-corrected chi connectivity index (χ2v) is 8.05. The number of hydrogen-bond acceptors (Lipinski definition) is 4. The van der Waals surface area contributed by atoms with Gasteiger partial charge in [-0.15, -0.1) is 0 Å². The first-order valence-electron chi connectivity index (χ1n) is 10.2. The molecular formula is C21H31ClN4OS. The lowest BCUT2D eigenvalue weighted by molar-refractivity contribution is 0.304. The molecule has 0 bridgehead atoms. The lowest BCUT2D eigenvalue weighted by Crippen LogP contribution is -2.01. The Hall–Kier alpha value is -1.66. The molecule has 0 unspecified atom stereocenters. The fourth-order valence-corrected chi connectivity index (χ4v) is 3.30. The molecule has 5 nitrogen and oxygen atoms in total. The molecule has 1 aromatic carbocycles. The van der Waals surface area contributed by atoms with Crippen molar-refractivity contribution in [2.45, 2.75) is 71.6 Å². The minimum atomic E-state index is 0.219. The SMILES string of the molecule is CCCCCCCCCOc1ccc(/C=N\n2c(C(C)C)n[nH]c2=S)cc1Cl. The lowest BCUT2D eigenvalue weighted by atomic mass is 10.1. The van der Waals surface area contributed by atoms with Crippen LogP contribution in [0.2, 0.25) is 5.02 Å². The highest BCUT2D eigenvalue weighted by atomic mass is 35.5. The van der Waals surface area contributed by atoms with Gasteiger partial charge in [0.15, 0.2) is 5.82 Å². The molecule has 0 radical (unpaired) electrons. The number of aromatic nitrogens is 3. The minimum absolute atomic E-state index is 0.219. The first kappa shape index (κ1) is 22.6. The van der Waals surface area contributed by atoms with Crippen molar-refractivity contribution in [3.05, 3.63) is 39.4 Å². The van der Waals surface area contributed by atoms with E-state index >= 15 is 0 Å². The molecule has 0 amide bonds. The number of H-pyrrole nitrogens is 1. The van der Waals surface area contributed by atoms with Crippen LogP contribution >= 0.6 is 23.8 Å². The van der Waals surface area contributed by atoms with Crippen LogP contribution in [0.15, 0.2) is 23.3 Å². The fraction of sp³-hybridized carbons (Fsp3) is 0.571. The summed E-state index contributed by atoms with van der Waals surface area (Å²) in [7, 11) is 0. The molecule has 28 heavy (non-hydrogen) atoms. The highest BCUT2D eigenvalue weighted by Crippen LogP contribution is 2.25. The van der Waals surface area contributed by atoms with E-state index in [1.807, 2.05) is 32.0 Å². The van der Waals surface area contributed by atoms with Crippen molar-refractivity contribution < 1.29 is 4.74 Å². The predicted molar refractivity (Wildman–Crippen MR) is 119 cm³/mol. The highest BCUT2D eigenvalue weighted by Gasteiger charge is 2.09. The number of ether oxygens (including phenoxy) is 1. The van der Waals surface area contributed by atoms with E-state index < -0.39 is 0 Å². The summed E-state index contributed by atoms with van der Waals surface area (Å²) in [6.07, 6.45) is 10.6. The van der Waals surface area contributed by atoms with E-state index in [1.165, 1.54) is 38.5 Å². The van der Waals surface area contributed by atoms with Crippen LogP contribution in [-0.2, 0) is 0 Å². The van der Waals surface area contributed by atoms with Gasteiger partial charge >= 0.3 is 0 Å². The molecule has 0 atom stereocenters. The molecule has 1 aromatic heterocycles. The van der Waals surface area contributed by atoms with Crippen LogP contribution in [-0.4, -0.2) is 27.7 Å². The molecule has 7 heteroatoms. The molecule has 1 N–H and O–H groups in total. The number of unbranched alkanes of at least 4 members (excludes halogenated alkanes) is 6. The summed E-state index contributed by atoms with van der Waals surface area (Å²) >= 11 is 11.6. The number of aromatic amines is 1. The largest absolute Gasteiger partial charge is 0.492 e. The average Bonchev–Trinajstić information content (AvgIpc) is 3.04.